The van der Waals surface area contributed by atoms with Crippen LogP contribution < -0.4 is 0 Å². The Hall–Kier alpha value is -0.0800. The van der Waals surface area contributed by atoms with Gasteiger partial charge in [-0.15, -0.1) is 0 Å². The van der Waals surface area contributed by atoms with Crippen molar-refractivity contribution in [1.29, 1.82) is 0 Å². The van der Waals surface area contributed by atoms with Crippen molar-refractivity contribution in [3.05, 3.63) is 0 Å². The molecule has 0 aromatic carbocycles. The van der Waals surface area contributed by atoms with Crippen LogP contribution in [0.1, 0.15) is 19.8 Å². The van der Waals surface area contributed by atoms with Crippen molar-refractivity contribution in [2.24, 2.45) is 5.41 Å². The number of rotatable bonds is 1. The predicted molar refractivity (Wildman–Crippen MR) is 39.8 cm³/mol. The van der Waals surface area contributed by atoms with Crippen LogP contribution in [-0.4, -0.2) is 35.7 Å². The summed E-state index contributed by atoms with van der Waals surface area (Å²) in [5.74, 6) is 0. The minimum atomic E-state index is 0.0269. The topological polar surface area (TPSA) is 23.5 Å². The Morgan fingerprint density at radius 3 is 2.50 bits per heavy atom. The van der Waals surface area contributed by atoms with E-state index < -0.39 is 0 Å². The third-order valence-electron chi connectivity index (χ3n) is 2.90. The van der Waals surface area contributed by atoms with Crippen LogP contribution >= 0.6 is 0 Å². The molecule has 2 nitrogen and oxygen atoms in total. The highest BCUT2D eigenvalue weighted by atomic mass is 16.3. The highest BCUT2D eigenvalue weighted by Gasteiger charge is 2.50. The third-order valence-corrected chi connectivity index (χ3v) is 2.90. The first-order chi connectivity index (χ1) is 4.74. The number of hydrogen-bond donors (Lipinski definition) is 1. The molecule has 2 heteroatoms. The molecule has 1 heterocycles. The van der Waals surface area contributed by atoms with Crippen LogP contribution in [-0.2, 0) is 0 Å². The van der Waals surface area contributed by atoms with Gasteiger partial charge in [0.25, 0.3) is 0 Å². The van der Waals surface area contributed by atoms with E-state index in [2.05, 4.69) is 11.8 Å². The van der Waals surface area contributed by atoms with Crippen LogP contribution in [0.25, 0.3) is 0 Å². The maximum absolute atomic E-state index is 9.09. The van der Waals surface area contributed by atoms with Gasteiger partial charge in [0, 0.05) is 18.5 Å². The zero-order chi connectivity index (χ0) is 7.19. The van der Waals surface area contributed by atoms with Gasteiger partial charge in [0.1, 0.15) is 0 Å². The van der Waals surface area contributed by atoms with Crippen molar-refractivity contribution >= 4 is 0 Å². The van der Waals surface area contributed by atoms with Crippen LogP contribution in [0.4, 0.5) is 0 Å². The minimum Gasteiger partial charge on any atom is -0.393 e. The van der Waals surface area contributed by atoms with Crippen LogP contribution in [0.5, 0.6) is 0 Å². The molecule has 1 saturated carbocycles. The summed E-state index contributed by atoms with van der Waals surface area (Å²) in [4.78, 5) is 2.44. The number of hydrogen-bond acceptors (Lipinski definition) is 2. The van der Waals surface area contributed by atoms with Gasteiger partial charge in [-0.2, -0.15) is 0 Å². The average molecular weight is 141 g/mol. The van der Waals surface area contributed by atoms with E-state index in [1.807, 2.05) is 0 Å². The fraction of sp³-hybridized carbons (Fsp3) is 1.00. The van der Waals surface area contributed by atoms with Crippen LogP contribution in [0.3, 0.4) is 0 Å². The molecule has 2 fully saturated rings. The summed E-state index contributed by atoms with van der Waals surface area (Å²) >= 11 is 0. The van der Waals surface area contributed by atoms with Gasteiger partial charge < -0.3 is 10.0 Å². The second-order valence-electron chi connectivity index (χ2n) is 3.87. The lowest BCUT2D eigenvalue weighted by molar-refractivity contribution is -0.126. The van der Waals surface area contributed by atoms with E-state index in [0.29, 0.717) is 5.41 Å². The third kappa shape index (κ3) is 0.789. The Morgan fingerprint density at radius 1 is 1.50 bits per heavy atom. The van der Waals surface area contributed by atoms with Gasteiger partial charge in [-0.1, -0.05) is 6.92 Å². The largest absolute Gasteiger partial charge is 0.393 e. The lowest BCUT2D eigenvalue weighted by atomic mass is 9.62. The molecule has 0 aromatic heterocycles. The van der Waals surface area contributed by atoms with Gasteiger partial charge in [0.15, 0.2) is 0 Å². The van der Waals surface area contributed by atoms with Crippen molar-refractivity contribution in [2.75, 3.05) is 19.6 Å². The summed E-state index contributed by atoms with van der Waals surface area (Å²) in [6.45, 7) is 5.85. The van der Waals surface area contributed by atoms with Crippen LogP contribution in [0.2, 0.25) is 0 Å². The van der Waals surface area contributed by atoms with Crippen molar-refractivity contribution in [1.82, 2.24) is 4.90 Å². The molecule has 58 valence electrons. The molecule has 0 atom stereocenters. The Bertz CT molecular complexity index is 132. The summed E-state index contributed by atoms with van der Waals surface area (Å²) in [6, 6.07) is 0. The number of aliphatic hydroxyl groups excluding tert-OH is 1. The summed E-state index contributed by atoms with van der Waals surface area (Å²) in [5, 5.41) is 9.09. The van der Waals surface area contributed by atoms with E-state index in [-0.39, 0.29) is 6.10 Å². The maximum Gasteiger partial charge on any atom is 0.0552 e. The molecule has 1 saturated heterocycles. The van der Waals surface area contributed by atoms with Gasteiger partial charge in [-0.3, -0.25) is 0 Å². The van der Waals surface area contributed by atoms with Gasteiger partial charge in [-0.05, 0) is 19.4 Å². The van der Waals surface area contributed by atoms with Gasteiger partial charge >= 0.3 is 0 Å². The molecular formula is C8H15NO. The molecule has 1 N–H and O–H groups in total. The number of likely N-dealkylation sites (tertiary alicyclic amines) is 1. The van der Waals surface area contributed by atoms with E-state index in [4.69, 9.17) is 5.11 Å². The Morgan fingerprint density at radius 2 is 2.10 bits per heavy atom. The van der Waals surface area contributed by atoms with E-state index in [1.54, 1.807) is 0 Å². The van der Waals surface area contributed by atoms with E-state index in [0.717, 1.165) is 12.8 Å². The van der Waals surface area contributed by atoms with Gasteiger partial charge in [0.2, 0.25) is 0 Å². The highest BCUT2D eigenvalue weighted by Crippen LogP contribution is 2.47. The molecule has 0 radical (unpaired) electrons. The normalized spacial score (nSPS) is 31.8. The zero-order valence-corrected chi connectivity index (χ0v) is 6.51. The predicted octanol–water partition coefficient (Wildman–Crippen LogP) is 0.463. The maximum atomic E-state index is 9.09. The molecule has 10 heavy (non-hydrogen) atoms. The van der Waals surface area contributed by atoms with Gasteiger partial charge in [0.05, 0.1) is 6.10 Å². The molecule has 1 spiro atoms. The molecule has 0 unspecified atom stereocenters. The molecule has 0 bridgehead atoms. The lowest BCUT2D eigenvalue weighted by Gasteiger charge is -2.57. The van der Waals surface area contributed by atoms with Crippen molar-refractivity contribution < 1.29 is 5.11 Å². The first-order valence-electron chi connectivity index (χ1n) is 4.14. The van der Waals surface area contributed by atoms with Crippen molar-refractivity contribution in [3.63, 3.8) is 0 Å². The molecule has 1 aliphatic heterocycles. The molecule has 2 rings (SSSR count). The smallest absolute Gasteiger partial charge is 0.0552 e. The van der Waals surface area contributed by atoms with Crippen LogP contribution in [0, 0.1) is 5.41 Å². The fourth-order valence-corrected chi connectivity index (χ4v) is 2.32. The second kappa shape index (κ2) is 1.95. The van der Waals surface area contributed by atoms with Crippen molar-refractivity contribution in [3.8, 4) is 0 Å². The molecule has 0 amide bonds. The van der Waals surface area contributed by atoms with Gasteiger partial charge in [-0.25, -0.2) is 0 Å². The molecule has 2 aliphatic rings. The van der Waals surface area contributed by atoms with E-state index >= 15 is 0 Å². The first-order valence-corrected chi connectivity index (χ1v) is 4.14. The zero-order valence-electron chi connectivity index (χ0n) is 6.51. The monoisotopic (exact) mass is 141 g/mol. The first kappa shape index (κ1) is 6.62. The quantitative estimate of drug-likeness (QED) is 0.573. The standard InChI is InChI=1S/C8H15NO/c1-2-9-5-8(6-9)3-7(10)4-8/h7,10H,2-6H2,1H3. The Balaban J connectivity index is 1.80. The number of nitrogens with zero attached hydrogens (tertiary/aromatic N) is 1. The van der Waals surface area contributed by atoms with Crippen molar-refractivity contribution in [2.45, 2.75) is 25.9 Å². The number of aliphatic hydroxyl groups is 1. The molecule has 1 aliphatic carbocycles. The summed E-state index contributed by atoms with van der Waals surface area (Å²) in [5.41, 5.74) is 0.565. The van der Waals surface area contributed by atoms with E-state index in [9.17, 15) is 0 Å². The Labute approximate surface area is 61.8 Å². The highest BCUT2D eigenvalue weighted by molar-refractivity contribution is 5.03. The molecular weight excluding hydrogens is 126 g/mol. The SMILES string of the molecule is CCN1CC2(CC(O)C2)C1. The summed E-state index contributed by atoms with van der Waals surface area (Å²) < 4.78 is 0. The minimum absolute atomic E-state index is 0.0269. The van der Waals surface area contributed by atoms with E-state index in [1.165, 1.54) is 19.6 Å². The summed E-state index contributed by atoms with van der Waals surface area (Å²) in [6.07, 6.45) is 2.14. The fourth-order valence-electron chi connectivity index (χ4n) is 2.32. The van der Waals surface area contributed by atoms with Crippen LogP contribution in [0.15, 0.2) is 0 Å². The average Bonchev–Trinajstić information content (AvgIpc) is 1.74. The lowest BCUT2D eigenvalue weighted by Crippen LogP contribution is -2.63. The second-order valence-corrected chi connectivity index (χ2v) is 3.87. The summed E-state index contributed by atoms with van der Waals surface area (Å²) in [7, 11) is 0. The Kier molecular flexibility index (Phi) is 1.29. The molecule has 0 aromatic rings.